The summed E-state index contributed by atoms with van der Waals surface area (Å²) in [6.45, 7) is 2.78. The van der Waals surface area contributed by atoms with Crippen molar-refractivity contribution in [1.29, 1.82) is 0 Å². The molecule has 1 aliphatic carbocycles. The summed E-state index contributed by atoms with van der Waals surface area (Å²) in [6, 6.07) is 12.9. The van der Waals surface area contributed by atoms with Crippen molar-refractivity contribution in [3.05, 3.63) is 71.0 Å². The van der Waals surface area contributed by atoms with Gasteiger partial charge in [-0.3, -0.25) is 14.4 Å². The lowest BCUT2D eigenvalue weighted by Crippen LogP contribution is -2.55. The van der Waals surface area contributed by atoms with Crippen molar-refractivity contribution in [2.75, 3.05) is 13.1 Å². The van der Waals surface area contributed by atoms with Gasteiger partial charge >= 0.3 is 0 Å². The Bertz CT molecular complexity index is 1060. The highest BCUT2D eigenvalue weighted by Crippen LogP contribution is 2.23. The first-order valence-corrected chi connectivity index (χ1v) is 12.1. The number of hydrogen-bond acceptors (Lipinski definition) is 3. The van der Waals surface area contributed by atoms with Gasteiger partial charge in [-0.25, -0.2) is 4.39 Å². The molecule has 4 rings (SSSR count). The third kappa shape index (κ3) is 5.64. The van der Waals surface area contributed by atoms with Crippen LogP contribution in [0.1, 0.15) is 64.8 Å². The molecule has 180 valence electrons. The molecule has 7 heteroatoms. The number of halogens is 1. The highest BCUT2D eigenvalue weighted by Gasteiger charge is 2.33. The van der Waals surface area contributed by atoms with Gasteiger partial charge in [0.25, 0.3) is 11.8 Å². The van der Waals surface area contributed by atoms with Crippen molar-refractivity contribution in [3.8, 4) is 0 Å². The van der Waals surface area contributed by atoms with Crippen LogP contribution >= 0.6 is 0 Å². The molecule has 3 amide bonds. The van der Waals surface area contributed by atoms with Gasteiger partial charge in [0.15, 0.2) is 0 Å². The lowest BCUT2D eigenvalue weighted by Gasteiger charge is -2.36. The minimum Gasteiger partial charge on any atom is -0.351 e. The van der Waals surface area contributed by atoms with Crippen LogP contribution in [0, 0.1) is 18.7 Å². The number of hydrogen-bond donors (Lipinski definition) is 2. The van der Waals surface area contributed by atoms with E-state index >= 15 is 0 Å². The number of benzene rings is 2. The number of aryl methyl sites for hydroxylation is 1. The van der Waals surface area contributed by atoms with Crippen LogP contribution in [0.25, 0.3) is 0 Å². The molecule has 34 heavy (non-hydrogen) atoms. The monoisotopic (exact) mass is 465 g/mol. The first-order valence-electron chi connectivity index (χ1n) is 12.1. The average Bonchev–Trinajstić information content (AvgIpc) is 2.85. The van der Waals surface area contributed by atoms with Crippen molar-refractivity contribution < 1.29 is 18.8 Å². The third-order valence-corrected chi connectivity index (χ3v) is 6.95. The van der Waals surface area contributed by atoms with Gasteiger partial charge in [-0.1, -0.05) is 37.1 Å². The predicted molar refractivity (Wildman–Crippen MR) is 128 cm³/mol. The van der Waals surface area contributed by atoms with Gasteiger partial charge in [0, 0.05) is 36.3 Å². The van der Waals surface area contributed by atoms with Crippen LogP contribution in [-0.4, -0.2) is 47.8 Å². The Labute approximate surface area is 199 Å². The molecule has 2 aromatic carbocycles. The van der Waals surface area contributed by atoms with Crippen LogP contribution in [0.5, 0.6) is 0 Å². The van der Waals surface area contributed by atoms with Crippen molar-refractivity contribution in [3.63, 3.8) is 0 Å². The number of amides is 3. The number of rotatable bonds is 5. The van der Waals surface area contributed by atoms with Crippen molar-refractivity contribution in [2.24, 2.45) is 5.92 Å². The smallest absolute Gasteiger partial charge is 0.253 e. The molecule has 0 spiro atoms. The zero-order valence-corrected chi connectivity index (χ0v) is 19.6. The minimum atomic E-state index is -0.451. The second kappa shape index (κ2) is 10.8. The lowest BCUT2D eigenvalue weighted by atomic mass is 9.88. The molecule has 1 heterocycles. The van der Waals surface area contributed by atoms with Crippen LogP contribution in [0.2, 0.25) is 0 Å². The Morgan fingerprint density at radius 2 is 1.65 bits per heavy atom. The van der Waals surface area contributed by atoms with Crippen molar-refractivity contribution in [2.45, 2.75) is 57.5 Å². The molecule has 2 fully saturated rings. The second-order valence-corrected chi connectivity index (χ2v) is 9.40. The summed E-state index contributed by atoms with van der Waals surface area (Å²) in [5.41, 5.74) is 1.87. The van der Waals surface area contributed by atoms with Gasteiger partial charge in [-0.05, 0) is 62.4 Å². The van der Waals surface area contributed by atoms with E-state index in [4.69, 9.17) is 0 Å². The van der Waals surface area contributed by atoms with Gasteiger partial charge in [0.05, 0.1) is 5.92 Å². The lowest BCUT2D eigenvalue weighted by molar-refractivity contribution is -0.127. The molecule has 1 aliphatic heterocycles. The first-order chi connectivity index (χ1) is 16.4. The summed E-state index contributed by atoms with van der Waals surface area (Å²) in [5, 5.41) is 6.30. The van der Waals surface area contributed by atoms with E-state index in [2.05, 4.69) is 10.6 Å². The van der Waals surface area contributed by atoms with Gasteiger partial charge in [0.1, 0.15) is 5.82 Å². The van der Waals surface area contributed by atoms with E-state index in [1.54, 1.807) is 11.0 Å². The second-order valence-electron chi connectivity index (χ2n) is 9.40. The normalized spacial score (nSPS) is 22.6. The van der Waals surface area contributed by atoms with E-state index in [9.17, 15) is 18.8 Å². The molecule has 3 atom stereocenters. The van der Waals surface area contributed by atoms with Crippen LogP contribution in [0.15, 0.2) is 48.5 Å². The van der Waals surface area contributed by atoms with E-state index in [0.29, 0.717) is 30.6 Å². The molecule has 1 saturated carbocycles. The zero-order valence-electron chi connectivity index (χ0n) is 19.6. The number of piperidine rings is 1. The number of likely N-dealkylation sites (tertiary alicyclic amines) is 1. The highest BCUT2D eigenvalue weighted by atomic mass is 19.1. The largest absolute Gasteiger partial charge is 0.351 e. The van der Waals surface area contributed by atoms with Crippen LogP contribution in [0.3, 0.4) is 0 Å². The van der Waals surface area contributed by atoms with E-state index in [1.807, 2.05) is 31.2 Å². The fraction of sp³-hybridized carbons (Fsp3) is 0.444. The maximum atomic E-state index is 13.6. The van der Waals surface area contributed by atoms with Gasteiger partial charge < -0.3 is 15.5 Å². The molecule has 2 aliphatic rings. The maximum absolute atomic E-state index is 13.6. The first kappa shape index (κ1) is 23.9. The van der Waals surface area contributed by atoms with Crippen LogP contribution in [-0.2, 0) is 4.79 Å². The summed E-state index contributed by atoms with van der Waals surface area (Å²) in [4.78, 5) is 40.5. The number of nitrogens with zero attached hydrogens (tertiary/aromatic N) is 1. The fourth-order valence-electron chi connectivity index (χ4n) is 5.03. The van der Waals surface area contributed by atoms with E-state index in [0.717, 1.165) is 37.7 Å². The molecular weight excluding hydrogens is 433 g/mol. The summed E-state index contributed by atoms with van der Waals surface area (Å²) in [7, 11) is 0. The quantitative estimate of drug-likeness (QED) is 0.704. The predicted octanol–water partition coefficient (Wildman–Crippen LogP) is 3.84. The Hall–Kier alpha value is -3.22. The SMILES string of the molecule is Cc1ccccc1C(=O)N[C@@H]1CCCC[C@H]1NC(=O)[C@@H]1CCCN(C(=O)c2cccc(F)c2)C1. The summed E-state index contributed by atoms with van der Waals surface area (Å²) in [6.07, 6.45) is 5.05. The molecule has 0 bridgehead atoms. The van der Waals surface area contributed by atoms with Gasteiger partial charge in [-0.2, -0.15) is 0 Å². The Balaban J connectivity index is 1.37. The molecule has 0 unspecified atom stereocenters. The summed E-state index contributed by atoms with van der Waals surface area (Å²) < 4.78 is 13.6. The van der Waals surface area contributed by atoms with Crippen molar-refractivity contribution >= 4 is 17.7 Å². The standard InChI is InChI=1S/C27H32FN3O3/c1-18-8-2-3-12-22(18)26(33)30-24-14-5-4-13-23(24)29-25(32)20-10-7-15-31(17-20)27(34)19-9-6-11-21(28)16-19/h2-3,6,8-9,11-12,16,20,23-24H,4-5,7,10,13-15,17H2,1H3,(H,29,32)(H,30,33)/t20-,23-,24-/m1/s1. The molecule has 2 N–H and O–H groups in total. The zero-order chi connectivity index (χ0) is 24.1. The third-order valence-electron chi connectivity index (χ3n) is 6.95. The van der Waals surface area contributed by atoms with E-state index in [-0.39, 0.29) is 35.7 Å². The van der Waals surface area contributed by atoms with Crippen molar-refractivity contribution in [1.82, 2.24) is 15.5 Å². The van der Waals surface area contributed by atoms with Gasteiger partial charge in [-0.15, -0.1) is 0 Å². The van der Waals surface area contributed by atoms with E-state index in [1.165, 1.54) is 18.2 Å². The number of carbonyl (C=O) groups is 3. The Morgan fingerprint density at radius 1 is 0.912 bits per heavy atom. The summed E-state index contributed by atoms with van der Waals surface area (Å²) >= 11 is 0. The highest BCUT2D eigenvalue weighted by molar-refractivity contribution is 5.96. The van der Waals surface area contributed by atoms with Crippen LogP contribution in [0.4, 0.5) is 4.39 Å². The maximum Gasteiger partial charge on any atom is 0.253 e. The van der Waals surface area contributed by atoms with Gasteiger partial charge in [0.2, 0.25) is 5.91 Å². The molecule has 0 aromatic heterocycles. The molecule has 1 saturated heterocycles. The Morgan fingerprint density at radius 3 is 2.38 bits per heavy atom. The summed E-state index contributed by atoms with van der Waals surface area (Å²) in [5.74, 6) is -1.22. The van der Waals surface area contributed by atoms with Crippen LogP contribution < -0.4 is 10.6 Å². The Kier molecular flexibility index (Phi) is 7.60. The fourth-order valence-corrected chi connectivity index (χ4v) is 5.03. The average molecular weight is 466 g/mol. The van der Waals surface area contributed by atoms with E-state index < -0.39 is 5.82 Å². The molecule has 0 radical (unpaired) electrons. The number of carbonyl (C=O) groups excluding carboxylic acids is 3. The molecular formula is C27H32FN3O3. The minimum absolute atomic E-state index is 0.0845. The topological polar surface area (TPSA) is 78.5 Å². The number of nitrogens with one attached hydrogen (secondary N) is 2. The molecule has 2 aromatic rings. The molecule has 6 nitrogen and oxygen atoms in total.